The third-order valence-electron chi connectivity index (χ3n) is 2.95. The molecule has 2 aromatic rings. The van der Waals surface area contributed by atoms with Crippen molar-refractivity contribution >= 4 is 32.7 Å². The van der Waals surface area contributed by atoms with Crippen molar-refractivity contribution in [3.05, 3.63) is 28.9 Å². The van der Waals surface area contributed by atoms with Crippen LogP contribution in [0.2, 0.25) is 5.02 Å². The Hall–Kier alpha value is -1.44. The molecule has 108 valence electrons. The van der Waals surface area contributed by atoms with Crippen molar-refractivity contribution in [1.29, 1.82) is 0 Å². The summed E-state index contributed by atoms with van der Waals surface area (Å²) in [5, 5.41) is 4.90. The summed E-state index contributed by atoms with van der Waals surface area (Å²) in [6.45, 7) is 7.14. The number of hydrogen-bond donors (Lipinski definition) is 1. The van der Waals surface area contributed by atoms with Gasteiger partial charge in [0.25, 0.3) is 10.0 Å². The fourth-order valence-corrected chi connectivity index (χ4v) is 3.32. The van der Waals surface area contributed by atoms with E-state index in [9.17, 15) is 8.42 Å². The monoisotopic (exact) mass is 314 g/mol. The first-order valence-electron chi connectivity index (χ1n) is 5.89. The van der Waals surface area contributed by atoms with Gasteiger partial charge in [-0.2, -0.15) is 5.10 Å². The van der Waals surface area contributed by atoms with Gasteiger partial charge in [-0.1, -0.05) is 17.7 Å². The van der Waals surface area contributed by atoms with E-state index in [0.717, 1.165) is 0 Å². The van der Waals surface area contributed by atoms with Gasteiger partial charge < -0.3 is 0 Å². The van der Waals surface area contributed by atoms with E-state index in [0.29, 0.717) is 27.3 Å². The van der Waals surface area contributed by atoms with E-state index in [1.54, 1.807) is 20.9 Å². The number of sulfonamides is 1. The highest BCUT2D eigenvalue weighted by molar-refractivity contribution is 7.89. The Kier molecular flexibility index (Phi) is 3.86. The molecule has 2 aromatic heterocycles. The van der Waals surface area contributed by atoms with Gasteiger partial charge in [-0.3, -0.25) is 0 Å². The first kappa shape index (κ1) is 15.0. The van der Waals surface area contributed by atoms with Gasteiger partial charge in [0, 0.05) is 13.6 Å². The zero-order valence-corrected chi connectivity index (χ0v) is 13.0. The van der Waals surface area contributed by atoms with Crippen LogP contribution in [0.5, 0.6) is 0 Å². The number of halogens is 1. The third-order valence-corrected chi connectivity index (χ3v) is 4.85. The Morgan fingerprint density at radius 2 is 2.10 bits per heavy atom. The second-order valence-corrected chi connectivity index (χ2v) is 6.46. The highest BCUT2D eigenvalue weighted by Crippen LogP contribution is 2.30. The van der Waals surface area contributed by atoms with Crippen molar-refractivity contribution in [2.24, 2.45) is 7.05 Å². The molecule has 0 bridgehead atoms. The summed E-state index contributed by atoms with van der Waals surface area (Å²) in [4.78, 5) is 4.31. The molecule has 0 aromatic carbocycles. The molecule has 0 atom stereocenters. The van der Waals surface area contributed by atoms with Gasteiger partial charge in [0.2, 0.25) is 5.03 Å². The average molecular weight is 315 g/mol. The molecule has 0 saturated carbocycles. The van der Waals surface area contributed by atoms with E-state index in [1.807, 2.05) is 0 Å². The highest BCUT2D eigenvalue weighted by Gasteiger charge is 2.25. The Bertz CT molecular complexity index is 796. The Balaban J connectivity index is 2.79. The molecule has 0 spiro atoms. The first-order valence-corrected chi connectivity index (χ1v) is 7.75. The number of pyridine rings is 1. The summed E-state index contributed by atoms with van der Waals surface area (Å²) >= 11 is 6.16. The standard InChI is InChI=1S/C12H15ClN4O2S/c1-5-6-14-20(18,19)12-9-7(2)10(13)8(3)15-11(9)17(4)16-12/h5,14H,1,6H2,2-4H3. The molecular formula is C12H15ClN4O2S. The lowest BCUT2D eigenvalue weighted by atomic mass is 10.2. The van der Waals surface area contributed by atoms with Crippen LogP contribution in [0.1, 0.15) is 11.3 Å². The maximum Gasteiger partial charge on any atom is 0.260 e. The lowest BCUT2D eigenvalue weighted by molar-refractivity contribution is 0.579. The van der Waals surface area contributed by atoms with Crippen molar-refractivity contribution in [2.75, 3.05) is 6.54 Å². The first-order chi connectivity index (χ1) is 9.29. The van der Waals surface area contributed by atoms with Gasteiger partial charge in [0.05, 0.1) is 16.1 Å². The number of aromatic nitrogens is 3. The van der Waals surface area contributed by atoms with Crippen LogP contribution in [0, 0.1) is 13.8 Å². The van der Waals surface area contributed by atoms with Crippen LogP contribution in [-0.4, -0.2) is 29.7 Å². The highest BCUT2D eigenvalue weighted by atomic mass is 35.5. The van der Waals surface area contributed by atoms with E-state index in [-0.39, 0.29) is 11.6 Å². The van der Waals surface area contributed by atoms with Gasteiger partial charge in [0.1, 0.15) is 0 Å². The average Bonchev–Trinajstić information content (AvgIpc) is 2.72. The zero-order valence-electron chi connectivity index (χ0n) is 11.4. The molecule has 2 heterocycles. The van der Waals surface area contributed by atoms with E-state index >= 15 is 0 Å². The topological polar surface area (TPSA) is 76.9 Å². The minimum absolute atomic E-state index is 0.0660. The van der Waals surface area contributed by atoms with Crippen molar-refractivity contribution in [3.63, 3.8) is 0 Å². The van der Waals surface area contributed by atoms with Crippen LogP contribution in [0.3, 0.4) is 0 Å². The smallest absolute Gasteiger partial charge is 0.249 e. The van der Waals surface area contributed by atoms with E-state index in [2.05, 4.69) is 21.4 Å². The maximum absolute atomic E-state index is 12.3. The number of nitrogens with zero attached hydrogens (tertiary/aromatic N) is 3. The summed E-state index contributed by atoms with van der Waals surface area (Å²) in [6.07, 6.45) is 1.46. The van der Waals surface area contributed by atoms with Crippen LogP contribution >= 0.6 is 11.6 Å². The van der Waals surface area contributed by atoms with Gasteiger partial charge in [-0.25, -0.2) is 22.8 Å². The fourth-order valence-electron chi connectivity index (χ4n) is 1.96. The van der Waals surface area contributed by atoms with Crippen LogP contribution in [-0.2, 0) is 17.1 Å². The number of fused-ring (bicyclic) bond motifs is 1. The molecule has 0 radical (unpaired) electrons. The van der Waals surface area contributed by atoms with Crippen LogP contribution < -0.4 is 4.72 Å². The summed E-state index contributed by atoms with van der Waals surface area (Å²) in [6, 6.07) is 0. The fraction of sp³-hybridized carbons (Fsp3) is 0.333. The molecule has 20 heavy (non-hydrogen) atoms. The lowest BCUT2D eigenvalue weighted by Crippen LogP contribution is -2.24. The molecule has 8 heteroatoms. The minimum atomic E-state index is -3.73. The van der Waals surface area contributed by atoms with E-state index in [1.165, 1.54) is 10.8 Å². The van der Waals surface area contributed by atoms with Gasteiger partial charge >= 0.3 is 0 Å². The van der Waals surface area contributed by atoms with E-state index < -0.39 is 10.0 Å². The predicted octanol–water partition coefficient (Wildman–Crippen LogP) is 1.70. The van der Waals surface area contributed by atoms with Gasteiger partial charge in [-0.15, -0.1) is 6.58 Å². The van der Waals surface area contributed by atoms with Crippen molar-refractivity contribution < 1.29 is 8.42 Å². The Morgan fingerprint density at radius 1 is 1.45 bits per heavy atom. The van der Waals surface area contributed by atoms with Crippen LogP contribution in [0.15, 0.2) is 17.7 Å². The van der Waals surface area contributed by atoms with Gasteiger partial charge in [-0.05, 0) is 19.4 Å². The summed E-state index contributed by atoms with van der Waals surface area (Å²) in [7, 11) is -2.08. The molecule has 0 aliphatic heterocycles. The Morgan fingerprint density at radius 3 is 2.70 bits per heavy atom. The summed E-state index contributed by atoms with van der Waals surface area (Å²) in [5.74, 6) is 0. The molecule has 0 aliphatic carbocycles. The normalized spacial score (nSPS) is 12.0. The molecule has 0 aliphatic rings. The summed E-state index contributed by atoms with van der Waals surface area (Å²) in [5.41, 5.74) is 1.78. The molecule has 0 fully saturated rings. The van der Waals surface area contributed by atoms with Crippen LogP contribution in [0.4, 0.5) is 0 Å². The minimum Gasteiger partial charge on any atom is -0.249 e. The van der Waals surface area contributed by atoms with E-state index in [4.69, 9.17) is 11.6 Å². The number of nitrogens with one attached hydrogen (secondary N) is 1. The molecular weight excluding hydrogens is 300 g/mol. The quantitative estimate of drug-likeness (QED) is 0.871. The maximum atomic E-state index is 12.3. The lowest BCUT2D eigenvalue weighted by Gasteiger charge is -2.06. The van der Waals surface area contributed by atoms with Gasteiger partial charge in [0.15, 0.2) is 5.65 Å². The SMILES string of the molecule is C=CCNS(=O)(=O)c1nn(C)c2nc(C)c(Cl)c(C)c12. The van der Waals surface area contributed by atoms with Crippen molar-refractivity contribution in [3.8, 4) is 0 Å². The largest absolute Gasteiger partial charge is 0.260 e. The Labute approximate surface area is 122 Å². The molecule has 0 saturated heterocycles. The zero-order chi connectivity index (χ0) is 15.1. The summed E-state index contributed by atoms with van der Waals surface area (Å²) < 4.78 is 28.4. The second-order valence-electron chi connectivity index (χ2n) is 4.40. The molecule has 0 unspecified atom stereocenters. The second kappa shape index (κ2) is 5.16. The third kappa shape index (κ3) is 2.32. The molecule has 2 rings (SSSR count). The van der Waals surface area contributed by atoms with Crippen molar-refractivity contribution in [2.45, 2.75) is 18.9 Å². The number of hydrogen-bond acceptors (Lipinski definition) is 4. The molecule has 1 N–H and O–H groups in total. The van der Waals surface area contributed by atoms with Crippen LogP contribution in [0.25, 0.3) is 11.0 Å². The molecule has 0 amide bonds. The molecule has 6 nitrogen and oxygen atoms in total. The predicted molar refractivity (Wildman–Crippen MR) is 78.4 cm³/mol. The van der Waals surface area contributed by atoms with Crippen molar-refractivity contribution in [1.82, 2.24) is 19.5 Å². The number of rotatable bonds is 4. The number of aryl methyl sites for hydroxylation is 3.